The lowest BCUT2D eigenvalue weighted by molar-refractivity contribution is 0.0950. The number of aromatic nitrogens is 5. The Labute approximate surface area is 176 Å². The average molecular weight is 418 g/mol. The first-order valence-corrected chi connectivity index (χ1v) is 9.15. The minimum absolute atomic E-state index is 0.0151. The molecule has 11 heteroatoms. The molecule has 156 valence electrons. The van der Waals surface area contributed by atoms with Gasteiger partial charge < -0.3 is 10.5 Å². The van der Waals surface area contributed by atoms with E-state index in [-0.39, 0.29) is 17.3 Å². The minimum atomic E-state index is -0.559. The smallest absolute Gasteiger partial charge is 0.294 e. The molecule has 0 spiro atoms. The van der Waals surface area contributed by atoms with Gasteiger partial charge in [0.1, 0.15) is 11.4 Å². The number of hydrogen-bond donors (Lipinski definition) is 2. The molecule has 0 radical (unpaired) electrons. The highest BCUT2D eigenvalue weighted by atomic mass is 16.6. The van der Waals surface area contributed by atoms with E-state index in [0.717, 1.165) is 11.1 Å². The van der Waals surface area contributed by atoms with E-state index in [0.29, 0.717) is 17.0 Å². The fourth-order valence-corrected chi connectivity index (χ4v) is 2.83. The zero-order valence-corrected chi connectivity index (χ0v) is 16.7. The third kappa shape index (κ3) is 4.10. The van der Waals surface area contributed by atoms with Gasteiger partial charge >= 0.3 is 0 Å². The third-order valence-corrected chi connectivity index (χ3v) is 4.38. The number of anilines is 1. The number of nitrogens with two attached hydrogens (primary N) is 1. The second kappa shape index (κ2) is 8.45. The van der Waals surface area contributed by atoms with Crippen LogP contribution in [0.1, 0.15) is 21.6 Å². The number of nitrogen functional groups attached to an aromatic ring is 1. The Morgan fingerprint density at radius 3 is 2.74 bits per heavy atom. The molecule has 0 aliphatic heterocycles. The Hall–Kier alpha value is -4.54. The Kier molecular flexibility index (Phi) is 5.39. The molecule has 0 fully saturated rings. The monoisotopic (exact) mass is 418 g/mol. The fraction of sp³-hybridized carbons (Fsp3) is 0.100. The Balaban J connectivity index is 1.66. The maximum atomic E-state index is 12.8. The van der Waals surface area contributed by atoms with Crippen molar-refractivity contribution in [3.8, 4) is 22.8 Å². The number of amides is 1. The van der Waals surface area contributed by atoms with Crippen molar-refractivity contribution in [3.05, 3.63) is 65.4 Å². The van der Waals surface area contributed by atoms with Crippen LogP contribution in [0.2, 0.25) is 0 Å². The first-order valence-electron chi connectivity index (χ1n) is 9.15. The van der Waals surface area contributed by atoms with E-state index in [1.807, 2.05) is 49.4 Å². The van der Waals surface area contributed by atoms with Gasteiger partial charge in [0.05, 0.1) is 13.3 Å². The summed E-state index contributed by atoms with van der Waals surface area (Å²) >= 11 is 0. The lowest BCUT2D eigenvalue weighted by Gasteiger charge is -2.06. The van der Waals surface area contributed by atoms with Gasteiger partial charge in [-0.25, -0.2) is 10.1 Å². The molecular weight excluding hydrogens is 400 g/mol. The molecule has 0 bridgehead atoms. The van der Waals surface area contributed by atoms with Gasteiger partial charge in [-0.1, -0.05) is 47.2 Å². The van der Waals surface area contributed by atoms with Gasteiger partial charge in [0.25, 0.3) is 5.91 Å². The van der Waals surface area contributed by atoms with E-state index in [9.17, 15) is 4.79 Å². The van der Waals surface area contributed by atoms with Crippen LogP contribution in [-0.2, 0) is 0 Å². The molecule has 2 heterocycles. The molecule has 2 aromatic heterocycles. The molecule has 31 heavy (non-hydrogen) atoms. The number of hydrogen-bond acceptors (Lipinski definition) is 9. The van der Waals surface area contributed by atoms with Gasteiger partial charge in [0.15, 0.2) is 5.69 Å². The van der Waals surface area contributed by atoms with Crippen LogP contribution < -0.4 is 15.9 Å². The molecule has 0 unspecified atom stereocenters. The summed E-state index contributed by atoms with van der Waals surface area (Å²) in [6.45, 7) is 1.96. The van der Waals surface area contributed by atoms with E-state index in [1.165, 1.54) is 10.9 Å². The van der Waals surface area contributed by atoms with Gasteiger partial charge in [-0.05, 0) is 34.9 Å². The van der Waals surface area contributed by atoms with Crippen LogP contribution in [0.3, 0.4) is 0 Å². The van der Waals surface area contributed by atoms with Crippen LogP contribution in [-0.4, -0.2) is 44.5 Å². The number of carbonyl (C=O) groups is 1. The highest BCUT2D eigenvalue weighted by Gasteiger charge is 2.25. The van der Waals surface area contributed by atoms with E-state index in [4.69, 9.17) is 10.5 Å². The predicted molar refractivity (Wildman–Crippen MR) is 112 cm³/mol. The summed E-state index contributed by atoms with van der Waals surface area (Å²) < 4.78 is 11.1. The molecule has 1 amide bonds. The number of methoxy groups -OCH3 is 1. The zero-order chi connectivity index (χ0) is 21.8. The largest absolute Gasteiger partial charge is 0.497 e. The molecule has 0 atom stereocenters. The third-order valence-electron chi connectivity index (χ3n) is 4.38. The van der Waals surface area contributed by atoms with E-state index >= 15 is 0 Å². The maximum absolute atomic E-state index is 12.8. The molecule has 4 rings (SSSR count). The number of nitrogens with zero attached hydrogens (tertiary/aromatic N) is 6. The van der Waals surface area contributed by atoms with Crippen LogP contribution in [0.4, 0.5) is 5.82 Å². The zero-order valence-electron chi connectivity index (χ0n) is 16.7. The summed E-state index contributed by atoms with van der Waals surface area (Å²) in [4.78, 5) is 12.8. The summed E-state index contributed by atoms with van der Waals surface area (Å²) in [5.74, 6) is 0.262. The van der Waals surface area contributed by atoms with Crippen molar-refractivity contribution in [3.63, 3.8) is 0 Å². The highest BCUT2D eigenvalue weighted by Crippen LogP contribution is 2.26. The fourth-order valence-electron chi connectivity index (χ4n) is 2.83. The summed E-state index contributed by atoms with van der Waals surface area (Å²) in [6.07, 6.45) is 1.50. The van der Waals surface area contributed by atoms with Crippen molar-refractivity contribution in [1.29, 1.82) is 0 Å². The first kappa shape index (κ1) is 19.8. The van der Waals surface area contributed by atoms with Gasteiger partial charge in [0, 0.05) is 5.56 Å². The predicted octanol–water partition coefficient (Wildman–Crippen LogP) is 1.98. The van der Waals surface area contributed by atoms with E-state index in [2.05, 4.69) is 35.8 Å². The molecule has 11 nitrogen and oxygen atoms in total. The average Bonchev–Trinajstić information content (AvgIpc) is 3.40. The second-order valence-corrected chi connectivity index (χ2v) is 6.51. The van der Waals surface area contributed by atoms with Crippen molar-refractivity contribution < 1.29 is 14.2 Å². The van der Waals surface area contributed by atoms with Crippen LogP contribution in [0.5, 0.6) is 5.75 Å². The van der Waals surface area contributed by atoms with Crippen LogP contribution >= 0.6 is 0 Å². The number of rotatable bonds is 6. The van der Waals surface area contributed by atoms with Gasteiger partial charge in [-0.2, -0.15) is 9.78 Å². The summed E-state index contributed by atoms with van der Waals surface area (Å²) in [5, 5.41) is 19.4. The number of nitrogens with one attached hydrogen (secondary N) is 1. The van der Waals surface area contributed by atoms with Crippen molar-refractivity contribution in [2.75, 3.05) is 12.8 Å². The lowest BCUT2D eigenvalue weighted by Crippen LogP contribution is -2.19. The summed E-state index contributed by atoms with van der Waals surface area (Å²) in [7, 11) is 1.57. The second-order valence-electron chi connectivity index (χ2n) is 6.51. The Morgan fingerprint density at radius 1 is 1.23 bits per heavy atom. The maximum Gasteiger partial charge on any atom is 0.294 e. The van der Waals surface area contributed by atoms with Crippen LogP contribution in [0.25, 0.3) is 17.1 Å². The minimum Gasteiger partial charge on any atom is -0.497 e. The molecule has 0 saturated heterocycles. The molecule has 3 N–H and O–H groups in total. The molecule has 4 aromatic rings. The van der Waals surface area contributed by atoms with E-state index < -0.39 is 5.91 Å². The van der Waals surface area contributed by atoms with Crippen LogP contribution in [0, 0.1) is 6.92 Å². The Bertz CT molecular complexity index is 1240. The first-order chi connectivity index (χ1) is 15.1. The van der Waals surface area contributed by atoms with Crippen molar-refractivity contribution >= 4 is 17.9 Å². The van der Waals surface area contributed by atoms with E-state index in [1.54, 1.807) is 13.2 Å². The molecule has 0 saturated carbocycles. The molecular formula is C20H18N8O3. The molecule has 0 aliphatic rings. The molecule has 0 aliphatic carbocycles. The van der Waals surface area contributed by atoms with Gasteiger partial charge in [-0.15, -0.1) is 5.10 Å². The normalized spacial score (nSPS) is 11.0. The lowest BCUT2D eigenvalue weighted by atomic mass is 10.1. The van der Waals surface area contributed by atoms with Crippen molar-refractivity contribution in [1.82, 2.24) is 30.7 Å². The number of benzene rings is 2. The number of aryl methyl sites for hydroxylation is 1. The summed E-state index contributed by atoms with van der Waals surface area (Å²) in [6, 6.07) is 14.7. The van der Waals surface area contributed by atoms with Gasteiger partial charge in [-0.3, -0.25) is 4.79 Å². The topological polar surface area (TPSA) is 146 Å². The highest BCUT2D eigenvalue weighted by molar-refractivity contribution is 5.98. The standard InChI is InChI=1S/C20H18N8O3/c1-12-6-8-14(9-7-12)17-16(23-27-28(17)19-18(21)25-31-26-19)20(29)24-22-11-13-4-3-5-15(10-13)30-2/h3-11H,1-2H3,(H2,21,25)(H,24,29)/b22-11+. The number of hydrazone groups is 1. The Morgan fingerprint density at radius 2 is 2.03 bits per heavy atom. The number of carbonyl (C=O) groups excluding carboxylic acids is 1. The number of ether oxygens (including phenoxy) is 1. The summed E-state index contributed by atoms with van der Waals surface area (Å²) in [5.41, 5.74) is 11.2. The van der Waals surface area contributed by atoms with Crippen molar-refractivity contribution in [2.45, 2.75) is 6.92 Å². The van der Waals surface area contributed by atoms with Gasteiger partial charge in [0.2, 0.25) is 11.6 Å². The van der Waals surface area contributed by atoms with Crippen molar-refractivity contribution in [2.24, 2.45) is 5.10 Å². The van der Waals surface area contributed by atoms with Crippen LogP contribution in [0.15, 0.2) is 58.3 Å². The quantitative estimate of drug-likeness (QED) is 0.357. The SMILES string of the molecule is COc1cccc(/C=N/NC(=O)c2nnn(-c3nonc3N)c2-c2ccc(C)cc2)c1. The molecule has 2 aromatic carbocycles.